The average molecular weight is 359 g/mol. The summed E-state index contributed by atoms with van der Waals surface area (Å²) in [5.74, 6) is -0.395. The van der Waals surface area contributed by atoms with Crippen LogP contribution in [-0.2, 0) is 11.2 Å². The fraction of sp³-hybridized carbons (Fsp3) is 0.300. The lowest BCUT2D eigenvalue weighted by molar-refractivity contribution is -0.116. The van der Waals surface area contributed by atoms with Crippen LogP contribution in [0.1, 0.15) is 35.3 Å². The molecule has 0 aliphatic rings. The van der Waals surface area contributed by atoms with Crippen LogP contribution in [0.25, 0.3) is 0 Å². The van der Waals surface area contributed by atoms with E-state index in [1.54, 1.807) is 12.1 Å². The number of rotatable bonds is 6. The Morgan fingerprint density at radius 1 is 1.08 bits per heavy atom. The zero-order chi connectivity index (χ0) is 18.4. The molecule has 0 saturated carbocycles. The van der Waals surface area contributed by atoms with Gasteiger partial charge in [-0.1, -0.05) is 36.7 Å². The normalized spacial score (nSPS) is 10.4. The molecule has 0 aromatic heterocycles. The van der Waals surface area contributed by atoms with Crippen molar-refractivity contribution in [2.24, 2.45) is 0 Å². The topological polar surface area (TPSA) is 49.4 Å². The van der Waals surface area contributed by atoms with Crippen LogP contribution in [0.15, 0.2) is 42.5 Å². The van der Waals surface area contributed by atoms with Gasteiger partial charge in [-0.05, 0) is 55.7 Å². The highest BCUT2D eigenvalue weighted by Gasteiger charge is 2.17. The number of hydrogen-bond acceptors (Lipinski definition) is 2. The van der Waals surface area contributed by atoms with E-state index >= 15 is 0 Å². The molecule has 0 aliphatic carbocycles. The molecule has 0 atom stereocenters. The number of halogens is 1. The molecule has 5 heteroatoms. The number of aryl methyl sites for hydroxylation is 2. The fourth-order valence-corrected chi connectivity index (χ4v) is 2.66. The second-order valence-corrected chi connectivity index (χ2v) is 6.31. The maximum absolute atomic E-state index is 12.6. The molecular weight excluding hydrogens is 336 g/mol. The Balaban J connectivity index is 2.05. The molecule has 4 nitrogen and oxygen atoms in total. The number of benzene rings is 2. The van der Waals surface area contributed by atoms with Gasteiger partial charge in [0, 0.05) is 22.8 Å². The van der Waals surface area contributed by atoms with E-state index in [1.165, 1.54) is 10.5 Å². The highest BCUT2D eigenvalue weighted by atomic mass is 35.5. The Morgan fingerprint density at radius 3 is 2.36 bits per heavy atom. The predicted octanol–water partition coefficient (Wildman–Crippen LogP) is 4.31. The van der Waals surface area contributed by atoms with E-state index in [2.05, 4.69) is 12.2 Å². The lowest BCUT2D eigenvalue weighted by atomic mass is 10.1. The average Bonchev–Trinajstić information content (AvgIpc) is 2.62. The van der Waals surface area contributed by atoms with Crippen LogP contribution in [-0.4, -0.2) is 29.8 Å². The van der Waals surface area contributed by atoms with Crippen molar-refractivity contribution in [2.75, 3.05) is 18.4 Å². The van der Waals surface area contributed by atoms with Crippen LogP contribution < -0.4 is 5.32 Å². The summed E-state index contributed by atoms with van der Waals surface area (Å²) in [5.41, 5.74) is 3.34. The molecule has 0 aliphatic heterocycles. The zero-order valence-corrected chi connectivity index (χ0v) is 15.6. The SMILES string of the molecule is CCc1ccc(C(=O)N(CC)CC(=O)Nc2cc(Cl)ccc2C)cc1. The van der Waals surface area contributed by atoms with Gasteiger partial charge in [-0.15, -0.1) is 0 Å². The van der Waals surface area contributed by atoms with Gasteiger partial charge in [0.05, 0.1) is 0 Å². The molecule has 0 heterocycles. The van der Waals surface area contributed by atoms with Crippen LogP contribution >= 0.6 is 11.6 Å². The summed E-state index contributed by atoms with van der Waals surface area (Å²) in [6, 6.07) is 12.8. The Labute approximate surface area is 153 Å². The van der Waals surface area contributed by atoms with E-state index in [0.717, 1.165) is 12.0 Å². The molecule has 0 saturated heterocycles. The molecular formula is C20H23ClN2O2. The highest BCUT2D eigenvalue weighted by Crippen LogP contribution is 2.20. The van der Waals surface area contributed by atoms with Gasteiger partial charge in [0.2, 0.25) is 5.91 Å². The van der Waals surface area contributed by atoms with Crippen molar-refractivity contribution in [3.05, 3.63) is 64.2 Å². The van der Waals surface area contributed by atoms with E-state index < -0.39 is 0 Å². The van der Waals surface area contributed by atoms with E-state index in [0.29, 0.717) is 22.8 Å². The molecule has 0 fully saturated rings. The summed E-state index contributed by atoms with van der Waals surface area (Å²) in [6.45, 7) is 6.27. The van der Waals surface area contributed by atoms with Gasteiger partial charge in [-0.3, -0.25) is 9.59 Å². The number of likely N-dealkylation sites (N-methyl/N-ethyl adjacent to an activating group) is 1. The van der Waals surface area contributed by atoms with Crippen molar-refractivity contribution >= 4 is 29.1 Å². The number of hydrogen-bond donors (Lipinski definition) is 1. The third-order valence-electron chi connectivity index (χ3n) is 4.09. The molecule has 1 N–H and O–H groups in total. The molecule has 2 aromatic carbocycles. The second-order valence-electron chi connectivity index (χ2n) is 5.88. The standard InChI is InChI=1S/C20H23ClN2O2/c1-4-15-7-9-16(10-8-15)20(25)23(5-2)13-19(24)22-18-12-17(21)11-6-14(18)3/h6-12H,4-5,13H2,1-3H3,(H,22,24). The maximum Gasteiger partial charge on any atom is 0.254 e. The van der Waals surface area contributed by atoms with Crippen LogP contribution in [0.5, 0.6) is 0 Å². The van der Waals surface area contributed by atoms with Crippen LogP contribution in [0.2, 0.25) is 5.02 Å². The molecule has 25 heavy (non-hydrogen) atoms. The number of carbonyl (C=O) groups is 2. The minimum Gasteiger partial charge on any atom is -0.330 e. The van der Waals surface area contributed by atoms with Crippen LogP contribution in [0, 0.1) is 6.92 Å². The lowest BCUT2D eigenvalue weighted by Crippen LogP contribution is -2.38. The zero-order valence-electron chi connectivity index (χ0n) is 14.8. The van der Waals surface area contributed by atoms with Crippen LogP contribution in [0.3, 0.4) is 0 Å². The molecule has 132 valence electrons. The van der Waals surface area contributed by atoms with Gasteiger partial charge in [0.25, 0.3) is 5.91 Å². The van der Waals surface area contributed by atoms with Crippen molar-refractivity contribution in [3.63, 3.8) is 0 Å². The van der Waals surface area contributed by atoms with Crippen LogP contribution in [0.4, 0.5) is 5.69 Å². The smallest absolute Gasteiger partial charge is 0.254 e. The monoisotopic (exact) mass is 358 g/mol. The van der Waals surface area contributed by atoms with Crippen molar-refractivity contribution in [2.45, 2.75) is 27.2 Å². The Kier molecular flexibility index (Phi) is 6.59. The van der Waals surface area contributed by atoms with Gasteiger partial charge < -0.3 is 10.2 Å². The summed E-state index contributed by atoms with van der Waals surface area (Å²) in [6.07, 6.45) is 0.924. The molecule has 0 bridgehead atoms. The summed E-state index contributed by atoms with van der Waals surface area (Å²) in [7, 11) is 0. The van der Waals surface area contributed by atoms with Gasteiger partial charge in [0.1, 0.15) is 6.54 Å². The molecule has 0 radical (unpaired) electrons. The Morgan fingerprint density at radius 2 is 1.76 bits per heavy atom. The minimum absolute atomic E-state index is 0.00316. The van der Waals surface area contributed by atoms with Crippen molar-refractivity contribution in [1.82, 2.24) is 4.90 Å². The van der Waals surface area contributed by atoms with Crippen molar-refractivity contribution in [3.8, 4) is 0 Å². The number of nitrogens with one attached hydrogen (secondary N) is 1. The minimum atomic E-state index is -0.245. The van der Waals surface area contributed by atoms with E-state index in [9.17, 15) is 9.59 Å². The quantitative estimate of drug-likeness (QED) is 0.836. The second kappa shape index (κ2) is 8.67. The number of anilines is 1. The first kappa shape index (κ1) is 19.0. The number of carbonyl (C=O) groups excluding carboxylic acids is 2. The van der Waals surface area contributed by atoms with Gasteiger partial charge in [-0.25, -0.2) is 0 Å². The molecule has 2 rings (SSSR count). The predicted molar refractivity (Wildman–Crippen MR) is 102 cm³/mol. The third-order valence-corrected chi connectivity index (χ3v) is 4.32. The molecule has 0 unspecified atom stereocenters. The van der Waals surface area contributed by atoms with E-state index in [-0.39, 0.29) is 18.4 Å². The summed E-state index contributed by atoms with van der Waals surface area (Å²) in [5, 5.41) is 3.38. The van der Waals surface area contributed by atoms with Crippen molar-refractivity contribution < 1.29 is 9.59 Å². The third kappa shape index (κ3) is 5.07. The lowest BCUT2D eigenvalue weighted by Gasteiger charge is -2.21. The maximum atomic E-state index is 12.6. The fourth-order valence-electron chi connectivity index (χ4n) is 2.48. The number of amides is 2. The summed E-state index contributed by atoms with van der Waals surface area (Å²) in [4.78, 5) is 26.5. The van der Waals surface area contributed by atoms with Crippen molar-refractivity contribution in [1.29, 1.82) is 0 Å². The highest BCUT2D eigenvalue weighted by molar-refractivity contribution is 6.31. The molecule has 2 amide bonds. The van der Waals surface area contributed by atoms with Gasteiger partial charge >= 0.3 is 0 Å². The van der Waals surface area contributed by atoms with Gasteiger partial charge in [0.15, 0.2) is 0 Å². The summed E-state index contributed by atoms with van der Waals surface area (Å²) < 4.78 is 0. The first-order valence-electron chi connectivity index (χ1n) is 8.38. The largest absolute Gasteiger partial charge is 0.330 e. The van der Waals surface area contributed by atoms with E-state index in [1.807, 2.05) is 44.2 Å². The van der Waals surface area contributed by atoms with E-state index in [4.69, 9.17) is 11.6 Å². The number of nitrogens with zero attached hydrogens (tertiary/aromatic N) is 1. The first-order valence-corrected chi connectivity index (χ1v) is 8.76. The molecule has 0 spiro atoms. The summed E-state index contributed by atoms with van der Waals surface area (Å²) >= 11 is 5.97. The Hall–Kier alpha value is -2.33. The Bertz CT molecular complexity index is 757. The van der Waals surface area contributed by atoms with Gasteiger partial charge in [-0.2, -0.15) is 0 Å². The first-order chi connectivity index (χ1) is 11.9. The molecule has 2 aromatic rings.